The van der Waals surface area contributed by atoms with Crippen molar-refractivity contribution in [2.24, 2.45) is 17.8 Å². The summed E-state index contributed by atoms with van der Waals surface area (Å²) in [6.45, 7) is 18.8. The molecule has 3 aliphatic heterocycles. The Bertz CT molecular complexity index is 1110. The van der Waals surface area contributed by atoms with Crippen molar-refractivity contribution < 1.29 is 53.6 Å². The lowest BCUT2D eigenvalue weighted by Crippen LogP contribution is -2.59. The maximum Gasteiger partial charge on any atom is 0.311 e. The highest BCUT2D eigenvalue weighted by Gasteiger charge is 2.51. The summed E-state index contributed by atoms with van der Waals surface area (Å²) in [4.78, 5) is 18.1. The topological polar surface area (TPSA) is 160 Å². The van der Waals surface area contributed by atoms with Crippen molar-refractivity contribution in [3.8, 4) is 0 Å². The van der Waals surface area contributed by atoms with E-state index in [-0.39, 0.29) is 37.0 Å². The molecule has 0 aliphatic carbocycles. The summed E-state index contributed by atoms with van der Waals surface area (Å²) in [5, 5.41) is 47.2. The van der Waals surface area contributed by atoms with Gasteiger partial charge in [-0.3, -0.25) is 4.79 Å². The monoisotopic (exact) mass is 733 g/mol. The van der Waals surface area contributed by atoms with Gasteiger partial charge in [-0.15, -0.1) is 0 Å². The van der Waals surface area contributed by atoms with E-state index in [1.807, 2.05) is 72.5 Å². The second kappa shape index (κ2) is 17.7. The van der Waals surface area contributed by atoms with Crippen molar-refractivity contribution >= 4 is 5.97 Å². The first-order valence-electron chi connectivity index (χ1n) is 19.0. The highest BCUT2D eigenvalue weighted by atomic mass is 16.7. The highest BCUT2D eigenvalue weighted by molar-refractivity contribution is 5.73. The highest BCUT2D eigenvalue weighted by Crippen LogP contribution is 2.40. The van der Waals surface area contributed by atoms with Gasteiger partial charge in [0.1, 0.15) is 23.9 Å². The third-order valence-electron chi connectivity index (χ3n) is 11.9. The lowest BCUT2D eigenvalue weighted by Gasteiger charge is -2.48. The van der Waals surface area contributed by atoms with Crippen molar-refractivity contribution in [2.75, 3.05) is 34.8 Å². The first kappa shape index (κ1) is 44.4. The lowest BCUT2D eigenvalue weighted by molar-refractivity contribution is -0.310. The van der Waals surface area contributed by atoms with Gasteiger partial charge in [-0.25, -0.2) is 0 Å². The molecule has 3 rings (SSSR count). The molecule has 0 aromatic carbocycles. The Balaban J connectivity index is 2.16. The summed E-state index contributed by atoms with van der Waals surface area (Å²) in [5.41, 5.74) is -3.81. The van der Waals surface area contributed by atoms with E-state index in [9.17, 15) is 25.2 Å². The predicted octanol–water partition coefficient (Wildman–Crippen LogP) is 2.93. The Kier molecular flexibility index (Phi) is 15.4. The second-order valence-electron chi connectivity index (χ2n) is 17.2. The van der Waals surface area contributed by atoms with E-state index in [1.165, 1.54) is 6.92 Å². The number of nitrogens with zero attached hydrogens (tertiary/aromatic N) is 2. The molecule has 3 fully saturated rings. The minimum Gasteiger partial charge on any atom is -0.459 e. The molecule has 0 spiro atoms. The lowest BCUT2D eigenvalue weighted by atomic mass is 9.77. The number of hydrogen-bond acceptors (Lipinski definition) is 13. The molecule has 0 bridgehead atoms. The molecule has 0 aromatic rings. The quantitative estimate of drug-likeness (QED) is 0.284. The summed E-state index contributed by atoms with van der Waals surface area (Å²) in [7, 11) is 7.32. The summed E-state index contributed by atoms with van der Waals surface area (Å²) >= 11 is 0. The number of aliphatic hydroxyl groups is 4. The number of carbonyl (C=O) groups excluding carboxylic acids is 1. The van der Waals surface area contributed by atoms with E-state index >= 15 is 0 Å². The van der Waals surface area contributed by atoms with Gasteiger partial charge >= 0.3 is 5.97 Å². The molecule has 0 saturated carbocycles. The number of methoxy groups -OCH3 is 1. The van der Waals surface area contributed by atoms with Gasteiger partial charge in [-0.1, -0.05) is 20.8 Å². The minimum absolute atomic E-state index is 0.111. The predicted molar refractivity (Wildman–Crippen MR) is 193 cm³/mol. The van der Waals surface area contributed by atoms with Gasteiger partial charge in [0, 0.05) is 44.5 Å². The summed E-state index contributed by atoms with van der Waals surface area (Å²) in [5.74, 6) is -2.36. The Morgan fingerprint density at radius 2 is 1.57 bits per heavy atom. The van der Waals surface area contributed by atoms with Crippen LogP contribution in [0.4, 0.5) is 0 Å². The van der Waals surface area contributed by atoms with Gasteiger partial charge in [0.25, 0.3) is 0 Å². The van der Waals surface area contributed by atoms with Crippen LogP contribution in [0.5, 0.6) is 0 Å². The van der Waals surface area contributed by atoms with Crippen LogP contribution >= 0.6 is 0 Å². The summed E-state index contributed by atoms with van der Waals surface area (Å²) < 4.78 is 37.9. The molecule has 0 radical (unpaired) electrons. The summed E-state index contributed by atoms with van der Waals surface area (Å²) in [6, 6.07) is -0.758. The number of carbonyl (C=O) groups is 1. The average Bonchev–Trinajstić information content (AvgIpc) is 3.03. The second-order valence-corrected chi connectivity index (χ2v) is 17.2. The largest absolute Gasteiger partial charge is 0.459 e. The van der Waals surface area contributed by atoms with E-state index in [4.69, 9.17) is 28.4 Å². The van der Waals surface area contributed by atoms with Crippen molar-refractivity contribution in [2.45, 2.75) is 186 Å². The van der Waals surface area contributed by atoms with Gasteiger partial charge in [-0.05, 0) is 94.8 Å². The first-order chi connectivity index (χ1) is 23.5. The molecule has 17 atom stereocenters. The third-order valence-corrected chi connectivity index (χ3v) is 11.9. The van der Waals surface area contributed by atoms with Gasteiger partial charge in [0.2, 0.25) is 0 Å². The first-order valence-corrected chi connectivity index (χ1v) is 19.0. The van der Waals surface area contributed by atoms with Crippen molar-refractivity contribution in [1.29, 1.82) is 0 Å². The smallest absolute Gasteiger partial charge is 0.311 e. The van der Waals surface area contributed by atoms with Crippen LogP contribution in [0.2, 0.25) is 0 Å². The standard InChI is InChI=1S/C38H72N2O11/c1-15-28-38(10,45)32(42)26(7)40(13)20-21(2)17-37(9,44)33(51-35-30(41)27(39(11)12)16-22(3)48-35)24(5)31(25(6)34(43)49-28)50-29-19-36(8,46-14)18-23(4)47-29/h21-33,35,41-42,44-45H,15-20H2,1-14H3/t21-,22-,23+,24+,25-,26-,27+,28-,29+,30-,31?,32-,33-,35+,36+,37?,38-/m1/s1. The van der Waals surface area contributed by atoms with Crippen LogP contribution in [0.25, 0.3) is 0 Å². The molecule has 300 valence electrons. The van der Waals surface area contributed by atoms with Crippen molar-refractivity contribution in [3.05, 3.63) is 0 Å². The maximum absolute atomic E-state index is 14.2. The number of esters is 1. The van der Waals surface area contributed by atoms with Crippen LogP contribution in [0.3, 0.4) is 0 Å². The molecule has 13 heteroatoms. The van der Waals surface area contributed by atoms with Crippen LogP contribution in [-0.2, 0) is 33.2 Å². The molecule has 0 aromatic heterocycles. The Morgan fingerprint density at radius 3 is 2.14 bits per heavy atom. The third kappa shape index (κ3) is 10.6. The minimum atomic E-state index is -1.77. The number of ether oxygens (including phenoxy) is 6. The van der Waals surface area contributed by atoms with E-state index in [1.54, 1.807) is 27.9 Å². The number of likely N-dealkylation sites (N-methyl/N-ethyl adjacent to an activating group) is 2. The van der Waals surface area contributed by atoms with E-state index in [0.29, 0.717) is 25.8 Å². The molecule has 51 heavy (non-hydrogen) atoms. The maximum atomic E-state index is 14.2. The molecule has 2 unspecified atom stereocenters. The number of rotatable bonds is 7. The van der Waals surface area contributed by atoms with Crippen LogP contribution in [0.15, 0.2) is 0 Å². The zero-order valence-corrected chi connectivity index (χ0v) is 33.9. The van der Waals surface area contributed by atoms with Gasteiger partial charge < -0.3 is 58.6 Å². The molecule has 3 saturated heterocycles. The summed E-state index contributed by atoms with van der Waals surface area (Å²) in [6.07, 6.45) is -5.28. The van der Waals surface area contributed by atoms with Crippen LogP contribution < -0.4 is 0 Å². The van der Waals surface area contributed by atoms with E-state index < -0.39 is 83.7 Å². The van der Waals surface area contributed by atoms with Gasteiger partial charge in [0.05, 0.1) is 41.5 Å². The fourth-order valence-corrected chi connectivity index (χ4v) is 8.79. The van der Waals surface area contributed by atoms with E-state index in [0.717, 1.165) is 0 Å². The zero-order chi connectivity index (χ0) is 38.8. The van der Waals surface area contributed by atoms with Crippen molar-refractivity contribution in [1.82, 2.24) is 9.80 Å². The Hall–Kier alpha value is -0.970. The zero-order valence-electron chi connectivity index (χ0n) is 33.9. The Morgan fingerprint density at radius 1 is 0.941 bits per heavy atom. The van der Waals surface area contributed by atoms with Crippen LogP contribution in [0.1, 0.15) is 101 Å². The number of cyclic esters (lactones) is 1. The van der Waals surface area contributed by atoms with Crippen LogP contribution in [0, 0.1) is 17.8 Å². The molecule has 4 N–H and O–H groups in total. The fourth-order valence-electron chi connectivity index (χ4n) is 8.79. The average molecular weight is 733 g/mol. The molecule has 3 aliphatic rings. The number of hydrogen-bond donors (Lipinski definition) is 4. The number of aliphatic hydroxyl groups excluding tert-OH is 2. The molecule has 0 amide bonds. The molecule has 3 heterocycles. The Labute approximate surface area is 307 Å². The van der Waals surface area contributed by atoms with Gasteiger partial charge in [-0.2, -0.15) is 0 Å². The fraction of sp³-hybridized carbons (Fsp3) is 0.974. The molecule has 13 nitrogen and oxygen atoms in total. The SMILES string of the molecule is CC[C@H]1OC(=O)[C@H](C)C(O[C@H]2C[C@@](C)(OC)C[C@H](C)O2)[C@H](C)[C@@H](O[C@@H]2O[C@H](C)C[C@H](N(C)C)[C@H]2O)C(C)(O)C[C@@H](C)CN(C)[C@H](C)[C@@H](O)[C@]1(C)O. The van der Waals surface area contributed by atoms with Gasteiger partial charge in [0.15, 0.2) is 12.6 Å². The van der Waals surface area contributed by atoms with Crippen molar-refractivity contribution in [3.63, 3.8) is 0 Å². The normalized spacial score (nSPS) is 48.9. The molecular formula is C38H72N2O11. The van der Waals surface area contributed by atoms with Crippen LogP contribution in [-0.4, -0.2) is 155 Å². The molecular weight excluding hydrogens is 660 g/mol. The van der Waals surface area contributed by atoms with E-state index in [2.05, 4.69) is 0 Å².